The number of halogens is 4. The molecular weight excluding hydrogens is 526 g/mol. The van der Waals surface area contributed by atoms with E-state index >= 15 is 0 Å². The molecule has 0 spiro atoms. The van der Waals surface area contributed by atoms with Gasteiger partial charge in [0, 0.05) is 18.0 Å². The van der Waals surface area contributed by atoms with Gasteiger partial charge in [0.2, 0.25) is 5.91 Å². The second kappa shape index (κ2) is 12.5. The van der Waals surface area contributed by atoms with Crippen LogP contribution in [0.2, 0.25) is 20.1 Å². The van der Waals surface area contributed by atoms with E-state index in [2.05, 4.69) is 22.1 Å². The molecule has 1 amide bonds. The van der Waals surface area contributed by atoms with Crippen molar-refractivity contribution in [2.75, 3.05) is 17.7 Å². The van der Waals surface area contributed by atoms with Gasteiger partial charge in [0.1, 0.15) is 11.6 Å². The van der Waals surface area contributed by atoms with E-state index < -0.39 is 0 Å². The van der Waals surface area contributed by atoms with Gasteiger partial charge in [0.05, 0.1) is 33.1 Å². The molecule has 0 aliphatic heterocycles. The molecule has 174 valence electrons. The molecule has 0 aliphatic rings. The number of nitrogens with zero attached hydrogens (tertiary/aromatic N) is 3. The van der Waals surface area contributed by atoms with E-state index in [1.165, 1.54) is 11.8 Å². The monoisotopic (exact) mass is 544 g/mol. The average molecular weight is 546 g/mol. The molecule has 1 aromatic heterocycles. The largest absolute Gasteiger partial charge is 0.492 e. The maximum atomic E-state index is 12.4. The normalized spacial score (nSPS) is 10.8. The first-order valence-electron chi connectivity index (χ1n) is 9.86. The number of rotatable bonds is 11. The summed E-state index contributed by atoms with van der Waals surface area (Å²) in [6.45, 7) is 4.77. The van der Waals surface area contributed by atoms with Crippen LogP contribution >= 0.6 is 58.2 Å². The summed E-state index contributed by atoms with van der Waals surface area (Å²) in [5.41, 5.74) is 0.462. The van der Waals surface area contributed by atoms with E-state index in [9.17, 15) is 4.79 Å². The fourth-order valence-electron chi connectivity index (χ4n) is 2.84. The van der Waals surface area contributed by atoms with Crippen molar-refractivity contribution in [2.45, 2.75) is 24.5 Å². The van der Waals surface area contributed by atoms with Crippen LogP contribution in [0.15, 0.2) is 54.2 Å². The van der Waals surface area contributed by atoms with Gasteiger partial charge in [-0.2, -0.15) is 0 Å². The Morgan fingerprint density at radius 3 is 2.73 bits per heavy atom. The Morgan fingerprint density at radius 1 is 1.15 bits per heavy atom. The molecule has 1 N–H and O–H groups in total. The molecule has 3 aromatic rings. The lowest BCUT2D eigenvalue weighted by molar-refractivity contribution is -0.113. The molecule has 2 aromatic carbocycles. The van der Waals surface area contributed by atoms with E-state index in [0.717, 1.165) is 5.82 Å². The fourth-order valence-corrected chi connectivity index (χ4v) is 4.42. The van der Waals surface area contributed by atoms with Gasteiger partial charge >= 0.3 is 0 Å². The Kier molecular flexibility index (Phi) is 9.77. The Morgan fingerprint density at radius 2 is 1.97 bits per heavy atom. The first kappa shape index (κ1) is 25.7. The highest BCUT2D eigenvalue weighted by molar-refractivity contribution is 7.99. The van der Waals surface area contributed by atoms with Crippen LogP contribution in [0.5, 0.6) is 5.75 Å². The molecule has 11 heteroatoms. The third-order valence-corrected chi connectivity index (χ3v) is 6.68. The zero-order valence-corrected chi connectivity index (χ0v) is 21.2. The molecule has 3 rings (SSSR count). The van der Waals surface area contributed by atoms with Crippen LogP contribution in [0.4, 0.5) is 5.69 Å². The summed E-state index contributed by atoms with van der Waals surface area (Å²) >= 11 is 25.4. The number of amides is 1. The van der Waals surface area contributed by atoms with Crippen molar-refractivity contribution < 1.29 is 9.53 Å². The Bertz CT molecular complexity index is 1140. The van der Waals surface area contributed by atoms with Crippen molar-refractivity contribution in [1.29, 1.82) is 0 Å². The predicted octanol–water partition coefficient (Wildman–Crippen LogP) is 6.82. The Labute approximate surface area is 216 Å². The van der Waals surface area contributed by atoms with Crippen molar-refractivity contribution in [2.24, 2.45) is 0 Å². The molecule has 0 radical (unpaired) electrons. The molecule has 0 saturated heterocycles. The zero-order chi connectivity index (χ0) is 23.8. The summed E-state index contributed by atoms with van der Waals surface area (Å²) in [6.07, 6.45) is 3.09. The van der Waals surface area contributed by atoms with Gasteiger partial charge in [0.15, 0.2) is 5.16 Å². The smallest absolute Gasteiger partial charge is 0.234 e. The number of ether oxygens (including phenoxy) is 1. The minimum atomic E-state index is -0.230. The lowest BCUT2D eigenvalue weighted by atomic mass is 10.3. The van der Waals surface area contributed by atoms with E-state index in [0.29, 0.717) is 62.7 Å². The average Bonchev–Trinajstić information content (AvgIpc) is 3.16. The van der Waals surface area contributed by atoms with Crippen LogP contribution < -0.4 is 10.1 Å². The minimum absolute atomic E-state index is 0.135. The molecule has 0 unspecified atom stereocenters. The number of benzene rings is 2. The topological polar surface area (TPSA) is 69.0 Å². The van der Waals surface area contributed by atoms with E-state index in [-0.39, 0.29) is 11.7 Å². The molecule has 33 heavy (non-hydrogen) atoms. The van der Waals surface area contributed by atoms with Crippen LogP contribution in [0.1, 0.15) is 12.2 Å². The Balaban J connectivity index is 1.54. The van der Waals surface area contributed by atoms with Crippen molar-refractivity contribution in [3.8, 4) is 5.75 Å². The van der Waals surface area contributed by atoms with Crippen LogP contribution in [0.25, 0.3) is 0 Å². The van der Waals surface area contributed by atoms with Gasteiger partial charge in [0.25, 0.3) is 0 Å². The van der Waals surface area contributed by atoms with Gasteiger partial charge in [-0.05, 0) is 36.8 Å². The number of hydrogen-bond donors (Lipinski definition) is 1. The molecule has 0 saturated carbocycles. The lowest BCUT2D eigenvalue weighted by Gasteiger charge is -2.10. The van der Waals surface area contributed by atoms with Crippen LogP contribution in [-0.2, 0) is 17.8 Å². The SMILES string of the molecule is C=CCn1c(CCCOc2ccc(Cl)cc2Cl)nnc1SCC(=O)Nc1cccc(Cl)c1Cl. The number of hydrogen-bond acceptors (Lipinski definition) is 5. The summed E-state index contributed by atoms with van der Waals surface area (Å²) in [5.74, 6) is 1.26. The maximum Gasteiger partial charge on any atom is 0.234 e. The quantitative estimate of drug-likeness (QED) is 0.162. The van der Waals surface area contributed by atoms with Gasteiger partial charge in [-0.3, -0.25) is 4.79 Å². The highest BCUT2D eigenvalue weighted by atomic mass is 35.5. The highest BCUT2D eigenvalue weighted by Gasteiger charge is 2.15. The number of allylic oxidation sites excluding steroid dienone is 1. The maximum absolute atomic E-state index is 12.4. The lowest BCUT2D eigenvalue weighted by Crippen LogP contribution is -2.15. The number of nitrogens with one attached hydrogen (secondary N) is 1. The van der Waals surface area contributed by atoms with E-state index in [1.54, 1.807) is 42.5 Å². The third-order valence-electron chi connectivity index (χ3n) is 4.36. The third kappa shape index (κ3) is 7.29. The first-order chi connectivity index (χ1) is 15.9. The number of carbonyl (C=O) groups is 1. The summed E-state index contributed by atoms with van der Waals surface area (Å²) < 4.78 is 7.65. The molecule has 0 atom stereocenters. The van der Waals surface area contributed by atoms with Crippen molar-refractivity contribution >= 4 is 69.8 Å². The molecule has 6 nitrogen and oxygen atoms in total. The molecule has 1 heterocycles. The van der Waals surface area contributed by atoms with Crippen LogP contribution in [0, 0.1) is 0 Å². The first-order valence-corrected chi connectivity index (χ1v) is 12.4. The number of aromatic nitrogens is 3. The summed E-state index contributed by atoms with van der Waals surface area (Å²) in [7, 11) is 0. The minimum Gasteiger partial charge on any atom is -0.492 e. The van der Waals surface area contributed by atoms with Crippen molar-refractivity contribution in [1.82, 2.24) is 14.8 Å². The number of anilines is 1. The second-order valence-corrected chi connectivity index (χ2v) is 9.33. The second-order valence-electron chi connectivity index (χ2n) is 6.76. The van der Waals surface area contributed by atoms with Gasteiger partial charge in [-0.25, -0.2) is 0 Å². The fraction of sp³-hybridized carbons (Fsp3) is 0.227. The van der Waals surface area contributed by atoms with E-state index in [1.807, 2.05) is 4.57 Å². The van der Waals surface area contributed by atoms with Crippen molar-refractivity contribution in [3.05, 3.63) is 75.0 Å². The van der Waals surface area contributed by atoms with Gasteiger partial charge in [-0.1, -0.05) is 70.3 Å². The van der Waals surface area contributed by atoms with Crippen LogP contribution in [-0.4, -0.2) is 33.0 Å². The number of aryl methyl sites for hydroxylation is 1. The number of carbonyl (C=O) groups excluding carboxylic acids is 1. The van der Waals surface area contributed by atoms with Gasteiger partial charge in [-0.15, -0.1) is 16.8 Å². The summed E-state index contributed by atoms with van der Waals surface area (Å²) in [4.78, 5) is 12.4. The summed E-state index contributed by atoms with van der Waals surface area (Å²) in [6, 6.07) is 10.2. The number of thioether (sulfide) groups is 1. The zero-order valence-electron chi connectivity index (χ0n) is 17.4. The standard InChI is InChI=1S/C22H20Cl4N4O2S/c1-2-10-30-19(7-4-11-32-18-9-8-14(23)12-16(18)25)28-29-22(30)33-13-20(31)27-17-6-3-5-15(24)21(17)26/h2-3,5-6,8-9,12H,1,4,7,10-11,13H2,(H,27,31). The predicted molar refractivity (Wildman–Crippen MR) is 136 cm³/mol. The Hall–Kier alpha value is -1.90. The molecule has 0 aliphatic carbocycles. The highest BCUT2D eigenvalue weighted by Crippen LogP contribution is 2.30. The van der Waals surface area contributed by atoms with Crippen LogP contribution in [0.3, 0.4) is 0 Å². The van der Waals surface area contributed by atoms with Gasteiger partial charge < -0.3 is 14.6 Å². The molecule has 0 fully saturated rings. The van der Waals surface area contributed by atoms with E-state index in [4.69, 9.17) is 51.1 Å². The molecule has 0 bridgehead atoms. The summed E-state index contributed by atoms with van der Waals surface area (Å²) in [5, 5.41) is 13.6. The van der Waals surface area contributed by atoms with Crippen molar-refractivity contribution in [3.63, 3.8) is 0 Å². The molecular formula is C22H20Cl4N4O2S.